The van der Waals surface area contributed by atoms with Crippen molar-refractivity contribution in [1.82, 2.24) is 4.98 Å². The maximum atomic E-state index is 11.4. The Morgan fingerprint density at radius 1 is 1.19 bits per heavy atom. The van der Waals surface area contributed by atoms with Crippen molar-refractivity contribution in [2.24, 2.45) is 0 Å². The lowest BCUT2D eigenvalue weighted by Crippen LogP contribution is -1.95. The summed E-state index contributed by atoms with van der Waals surface area (Å²) in [5.41, 5.74) is 0.354. The van der Waals surface area contributed by atoms with Crippen LogP contribution in [0.3, 0.4) is 0 Å². The molecule has 1 aromatic heterocycles. The highest BCUT2D eigenvalue weighted by molar-refractivity contribution is 8.14. The molecule has 0 aliphatic rings. The predicted octanol–water partition coefficient (Wildman–Crippen LogP) is 3.47. The zero-order chi connectivity index (χ0) is 11.9. The van der Waals surface area contributed by atoms with Gasteiger partial charge in [0.05, 0.1) is 15.6 Å². The molecule has 0 unspecified atom stereocenters. The normalized spacial score (nSPS) is 11.9. The van der Waals surface area contributed by atoms with Crippen molar-refractivity contribution < 1.29 is 8.42 Å². The summed E-state index contributed by atoms with van der Waals surface area (Å²) in [6.07, 6.45) is 1.51. The van der Waals surface area contributed by atoms with E-state index in [0.717, 1.165) is 0 Å². The van der Waals surface area contributed by atoms with E-state index in [1.165, 1.54) is 12.3 Å². The van der Waals surface area contributed by atoms with Gasteiger partial charge in [0.1, 0.15) is 4.90 Å². The molecular formula is C9H4Cl3NO2S. The Balaban J connectivity index is 3.05. The summed E-state index contributed by atoms with van der Waals surface area (Å²) in [6, 6.07) is 4.45. The molecule has 0 radical (unpaired) electrons. The Hall–Kier alpha value is -0.550. The van der Waals surface area contributed by atoms with Crippen molar-refractivity contribution in [2.75, 3.05) is 0 Å². The topological polar surface area (TPSA) is 47.0 Å². The molecule has 2 rings (SSSR count). The van der Waals surface area contributed by atoms with E-state index >= 15 is 0 Å². The first-order chi connectivity index (χ1) is 7.41. The third kappa shape index (κ3) is 1.98. The number of pyridine rings is 1. The molecule has 0 bridgehead atoms. The van der Waals surface area contributed by atoms with Crippen LogP contribution in [-0.2, 0) is 9.05 Å². The highest BCUT2D eigenvalue weighted by Gasteiger charge is 2.20. The quantitative estimate of drug-likeness (QED) is 0.757. The van der Waals surface area contributed by atoms with Crippen molar-refractivity contribution in [3.8, 4) is 0 Å². The number of benzene rings is 1. The summed E-state index contributed by atoms with van der Waals surface area (Å²) in [5.74, 6) is 0. The fourth-order valence-electron chi connectivity index (χ4n) is 1.40. The molecule has 0 amide bonds. The van der Waals surface area contributed by atoms with Crippen molar-refractivity contribution in [1.29, 1.82) is 0 Å². The van der Waals surface area contributed by atoms with Crippen LogP contribution in [0.4, 0.5) is 0 Å². The van der Waals surface area contributed by atoms with Gasteiger partial charge in [-0.05, 0) is 18.2 Å². The van der Waals surface area contributed by atoms with Gasteiger partial charge in [0.2, 0.25) is 0 Å². The molecule has 84 valence electrons. The van der Waals surface area contributed by atoms with E-state index in [0.29, 0.717) is 10.9 Å². The molecule has 1 aromatic carbocycles. The predicted molar refractivity (Wildman–Crippen MR) is 64.8 cm³/mol. The average molecular weight is 297 g/mol. The minimum absolute atomic E-state index is 0.0134. The fourth-order valence-corrected chi connectivity index (χ4v) is 3.57. The highest BCUT2D eigenvalue weighted by atomic mass is 35.7. The number of fused-ring (bicyclic) bond motifs is 1. The van der Waals surface area contributed by atoms with Crippen LogP contribution in [0.5, 0.6) is 0 Å². The molecule has 2 aromatic rings. The molecule has 0 spiro atoms. The molecule has 0 N–H and O–H groups in total. The number of halogens is 3. The smallest absolute Gasteiger partial charge is 0.255 e. The first-order valence-corrected chi connectivity index (χ1v) is 7.15. The standard InChI is InChI=1S/C9H4Cl3NO2S/c10-6-4-7(11)9(16(12,14)15)5-2-1-3-13-8(5)6/h1-4H. The molecule has 0 fully saturated rings. The first kappa shape index (κ1) is 11.9. The van der Waals surface area contributed by atoms with Gasteiger partial charge < -0.3 is 0 Å². The summed E-state index contributed by atoms with van der Waals surface area (Å²) >= 11 is 11.7. The van der Waals surface area contributed by atoms with Crippen LogP contribution in [0.15, 0.2) is 29.3 Å². The van der Waals surface area contributed by atoms with E-state index in [2.05, 4.69) is 4.98 Å². The Bertz CT molecular complexity index is 670. The van der Waals surface area contributed by atoms with Gasteiger partial charge in [0.25, 0.3) is 9.05 Å². The van der Waals surface area contributed by atoms with Crippen molar-refractivity contribution in [3.63, 3.8) is 0 Å². The Morgan fingerprint density at radius 2 is 1.88 bits per heavy atom. The van der Waals surface area contributed by atoms with E-state index in [-0.39, 0.29) is 14.9 Å². The molecule has 0 aliphatic heterocycles. The fraction of sp³-hybridized carbons (Fsp3) is 0. The van der Waals surface area contributed by atoms with Crippen LogP contribution in [0.2, 0.25) is 10.0 Å². The van der Waals surface area contributed by atoms with E-state index in [1.807, 2.05) is 0 Å². The highest BCUT2D eigenvalue weighted by Crippen LogP contribution is 2.35. The van der Waals surface area contributed by atoms with Crippen LogP contribution in [0.1, 0.15) is 0 Å². The molecule has 0 atom stereocenters. The van der Waals surface area contributed by atoms with Crippen molar-refractivity contribution in [3.05, 3.63) is 34.4 Å². The maximum Gasteiger partial charge on any atom is 0.263 e. The molecular weight excluding hydrogens is 293 g/mol. The largest absolute Gasteiger partial charge is 0.263 e. The summed E-state index contributed by atoms with van der Waals surface area (Å²) in [7, 11) is 1.38. The number of rotatable bonds is 1. The Kier molecular flexibility index (Phi) is 3.01. The van der Waals surface area contributed by atoms with Gasteiger partial charge in [-0.3, -0.25) is 4.98 Å². The zero-order valence-electron chi connectivity index (χ0n) is 7.62. The molecule has 7 heteroatoms. The summed E-state index contributed by atoms with van der Waals surface area (Å²) < 4.78 is 22.8. The lowest BCUT2D eigenvalue weighted by Gasteiger charge is -2.06. The lowest BCUT2D eigenvalue weighted by molar-refractivity contribution is 0.610. The third-order valence-electron chi connectivity index (χ3n) is 1.99. The second-order valence-electron chi connectivity index (χ2n) is 3.01. The van der Waals surface area contributed by atoms with Crippen LogP contribution in [0.25, 0.3) is 10.9 Å². The van der Waals surface area contributed by atoms with Crippen LogP contribution in [-0.4, -0.2) is 13.4 Å². The third-order valence-corrected chi connectivity index (χ3v) is 4.08. The minimum atomic E-state index is -3.94. The van der Waals surface area contributed by atoms with Gasteiger partial charge >= 0.3 is 0 Å². The Morgan fingerprint density at radius 3 is 2.50 bits per heavy atom. The van der Waals surface area contributed by atoms with E-state index in [1.54, 1.807) is 12.1 Å². The number of aromatic nitrogens is 1. The van der Waals surface area contributed by atoms with Gasteiger partial charge in [-0.25, -0.2) is 8.42 Å². The maximum absolute atomic E-state index is 11.4. The van der Waals surface area contributed by atoms with Gasteiger partial charge in [0.15, 0.2) is 0 Å². The van der Waals surface area contributed by atoms with Gasteiger partial charge in [-0.2, -0.15) is 0 Å². The van der Waals surface area contributed by atoms with E-state index in [4.69, 9.17) is 33.9 Å². The molecule has 0 saturated carbocycles. The zero-order valence-corrected chi connectivity index (χ0v) is 10.7. The second-order valence-corrected chi connectivity index (χ2v) is 6.32. The molecule has 16 heavy (non-hydrogen) atoms. The van der Waals surface area contributed by atoms with Gasteiger partial charge in [0, 0.05) is 22.3 Å². The Labute approximate surface area is 106 Å². The lowest BCUT2D eigenvalue weighted by atomic mass is 10.2. The molecule has 3 nitrogen and oxygen atoms in total. The number of hydrogen-bond donors (Lipinski definition) is 0. The minimum Gasteiger partial charge on any atom is -0.255 e. The average Bonchev–Trinajstić information content (AvgIpc) is 2.15. The summed E-state index contributed by atoms with van der Waals surface area (Å²) in [5, 5.41) is 0.583. The molecule has 1 heterocycles. The van der Waals surface area contributed by atoms with E-state index in [9.17, 15) is 8.42 Å². The van der Waals surface area contributed by atoms with E-state index < -0.39 is 9.05 Å². The second kappa shape index (κ2) is 4.04. The van der Waals surface area contributed by atoms with Crippen LogP contribution < -0.4 is 0 Å². The van der Waals surface area contributed by atoms with Crippen LogP contribution in [0, 0.1) is 0 Å². The monoisotopic (exact) mass is 295 g/mol. The molecule has 0 saturated heterocycles. The number of nitrogens with zero attached hydrogens (tertiary/aromatic N) is 1. The van der Waals surface area contributed by atoms with Crippen molar-refractivity contribution in [2.45, 2.75) is 4.90 Å². The van der Waals surface area contributed by atoms with Gasteiger partial charge in [-0.15, -0.1) is 0 Å². The summed E-state index contributed by atoms with van der Waals surface area (Å²) in [6.45, 7) is 0. The first-order valence-electron chi connectivity index (χ1n) is 4.08. The number of hydrogen-bond acceptors (Lipinski definition) is 3. The molecule has 0 aliphatic carbocycles. The van der Waals surface area contributed by atoms with Crippen molar-refractivity contribution >= 4 is 53.8 Å². The van der Waals surface area contributed by atoms with Crippen LogP contribution >= 0.6 is 33.9 Å². The van der Waals surface area contributed by atoms with Gasteiger partial charge in [-0.1, -0.05) is 23.2 Å². The SMILES string of the molecule is O=S(=O)(Cl)c1c(Cl)cc(Cl)c2ncccc12. The summed E-state index contributed by atoms with van der Waals surface area (Å²) in [4.78, 5) is 3.82.